The smallest absolute Gasteiger partial charge is 0.457 e. The number of unbranched alkanes of at least 4 members (excludes halogenated alkanes) is 23. The van der Waals surface area contributed by atoms with Crippen LogP contribution in [0.3, 0.4) is 0 Å². The van der Waals surface area contributed by atoms with Crippen molar-refractivity contribution >= 4 is 13.8 Å². The van der Waals surface area contributed by atoms with Crippen molar-refractivity contribution in [1.82, 2.24) is 0 Å². The molecule has 0 spiro atoms. The molecule has 8 nitrogen and oxygen atoms in total. The van der Waals surface area contributed by atoms with Crippen molar-refractivity contribution in [1.29, 1.82) is 0 Å². The van der Waals surface area contributed by atoms with Gasteiger partial charge in [0.1, 0.15) is 6.10 Å². The number of nitrogens with two attached hydrogens (primary N) is 1. The second kappa shape index (κ2) is 36.5. The zero-order valence-electron chi connectivity index (χ0n) is 30.8. The SMILES string of the molecule is CCCCCCC/C=C\CCCCCCCC(=O)O[C@H](COCCCCCCCCCCCCCCCC)COP(=O)(O)OCCN. The molecule has 0 fully saturated rings. The molecule has 0 aliphatic heterocycles. The summed E-state index contributed by atoms with van der Waals surface area (Å²) in [5, 5.41) is 0. The third-order valence-corrected chi connectivity index (χ3v) is 9.42. The lowest BCUT2D eigenvalue weighted by atomic mass is 10.0. The van der Waals surface area contributed by atoms with Crippen LogP contribution in [0.5, 0.6) is 0 Å². The fourth-order valence-electron chi connectivity index (χ4n) is 5.52. The van der Waals surface area contributed by atoms with Crippen molar-refractivity contribution in [2.75, 3.05) is 33.0 Å². The lowest BCUT2D eigenvalue weighted by Crippen LogP contribution is -2.28. The predicted octanol–water partition coefficient (Wildman–Crippen LogP) is 11.1. The molecule has 0 radical (unpaired) electrons. The average Bonchev–Trinajstić information content (AvgIpc) is 3.06. The van der Waals surface area contributed by atoms with Gasteiger partial charge in [-0.1, -0.05) is 154 Å². The highest BCUT2D eigenvalue weighted by Gasteiger charge is 2.25. The van der Waals surface area contributed by atoms with Crippen molar-refractivity contribution in [2.45, 2.75) is 193 Å². The standard InChI is InChI=1S/C38H76NO7P/c1-3-5-7-9-11-13-15-17-19-21-23-25-27-29-31-38(40)46-37(36-45-47(41,42)44-34-32-39)35-43-33-30-28-26-24-22-20-18-16-14-12-10-8-6-4-2/h15,17,37H,3-14,16,18-36,39H2,1-2H3,(H,41,42)/b17-15-/t37-/m1/s1. The number of hydrogen-bond acceptors (Lipinski definition) is 7. The zero-order valence-corrected chi connectivity index (χ0v) is 31.7. The maximum absolute atomic E-state index is 12.5. The average molecular weight is 690 g/mol. The van der Waals surface area contributed by atoms with Gasteiger partial charge in [0.25, 0.3) is 0 Å². The Morgan fingerprint density at radius 2 is 1.06 bits per heavy atom. The first kappa shape index (κ1) is 46.2. The first-order valence-electron chi connectivity index (χ1n) is 19.7. The van der Waals surface area contributed by atoms with E-state index in [1.54, 1.807) is 0 Å². The van der Waals surface area contributed by atoms with Crippen LogP contribution in [0.4, 0.5) is 0 Å². The van der Waals surface area contributed by atoms with Crippen LogP contribution in [0, 0.1) is 0 Å². The fourth-order valence-corrected chi connectivity index (χ4v) is 6.29. The number of esters is 1. The van der Waals surface area contributed by atoms with Gasteiger partial charge >= 0.3 is 13.8 Å². The maximum Gasteiger partial charge on any atom is 0.472 e. The molecule has 0 saturated heterocycles. The summed E-state index contributed by atoms with van der Waals surface area (Å²) < 4.78 is 33.3. The van der Waals surface area contributed by atoms with Crippen LogP contribution < -0.4 is 5.73 Å². The van der Waals surface area contributed by atoms with Crippen LogP contribution in [0.15, 0.2) is 12.2 Å². The molecule has 2 atom stereocenters. The van der Waals surface area contributed by atoms with E-state index in [2.05, 4.69) is 26.0 Å². The van der Waals surface area contributed by atoms with E-state index in [0.29, 0.717) is 13.0 Å². The van der Waals surface area contributed by atoms with Gasteiger partial charge < -0.3 is 20.1 Å². The highest BCUT2D eigenvalue weighted by Crippen LogP contribution is 2.43. The third kappa shape index (κ3) is 36.3. The number of phosphoric acid groups is 1. The summed E-state index contributed by atoms with van der Waals surface area (Å²) in [6, 6.07) is 0. The fraction of sp³-hybridized carbons (Fsp3) is 0.921. The molecule has 0 bridgehead atoms. The minimum atomic E-state index is -4.27. The normalized spacial score (nSPS) is 13.7. The quantitative estimate of drug-likeness (QED) is 0.0285. The van der Waals surface area contributed by atoms with E-state index in [-0.39, 0.29) is 32.3 Å². The molecule has 0 aromatic carbocycles. The number of carbonyl (C=O) groups excluding carboxylic acids is 1. The summed E-state index contributed by atoms with van der Waals surface area (Å²) in [5.74, 6) is -0.337. The summed E-state index contributed by atoms with van der Waals surface area (Å²) in [4.78, 5) is 22.4. The summed E-state index contributed by atoms with van der Waals surface area (Å²) in [6.45, 7) is 4.93. The molecule has 0 aliphatic rings. The van der Waals surface area contributed by atoms with Crippen molar-refractivity contribution in [3.63, 3.8) is 0 Å². The highest BCUT2D eigenvalue weighted by atomic mass is 31.2. The Hall–Kier alpha value is -0.760. The van der Waals surface area contributed by atoms with E-state index in [1.807, 2.05) is 0 Å². The molecule has 0 aliphatic carbocycles. The zero-order chi connectivity index (χ0) is 34.5. The highest BCUT2D eigenvalue weighted by molar-refractivity contribution is 7.47. The Morgan fingerprint density at radius 1 is 0.617 bits per heavy atom. The molecule has 0 heterocycles. The van der Waals surface area contributed by atoms with E-state index >= 15 is 0 Å². The van der Waals surface area contributed by atoms with Gasteiger partial charge in [0, 0.05) is 19.6 Å². The number of carbonyl (C=O) groups is 1. The summed E-state index contributed by atoms with van der Waals surface area (Å²) in [6.07, 6.45) is 36.4. The molecule has 0 aromatic rings. The number of allylic oxidation sites excluding steroid dienone is 2. The Bertz CT molecular complexity index is 737. The lowest BCUT2D eigenvalue weighted by molar-refractivity contribution is -0.154. The molecule has 0 aromatic heterocycles. The number of hydrogen-bond donors (Lipinski definition) is 2. The van der Waals surface area contributed by atoms with Gasteiger partial charge in [-0.15, -0.1) is 0 Å². The van der Waals surface area contributed by atoms with Gasteiger partial charge in [-0.3, -0.25) is 13.8 Å². The third-order valence-electron chi connectivity index (χ3n) is 8.43. The van der Waals surface area contributed by atoms with Gasteiger partial charge in [-0.25, -0.2) is 4.57 Å². The van der Waals surface area contributed by atoms with E-state index in [4.69, 9.17) is 24.3 Å². The number of phosphoric ester groups is 1. The molecule has 3 N–H and O–H groups in total. The van der Waals surface area contributed by atoms with Crippen LogP contribution in [-0.2, 0) is 27.9 Å². The van der Waals surface area contributed by atoms with Gasteiger partial charge in [-0.2, -0.15) is 0 Å². The van der Waals surface area contributed by atoms with Crippen LogP contribution in [0.1, 0.15) is 187 Å². The topological polar surface area (TPSA) is 117 Å². The summed E-state index contributed by atoms with van der Waals surface area (Å²) in [5.41, 5.74) is 5.35. The molecule has 280 valence electrons. The summed E-state index contributed by atoms with van der Waals surface area (Å²) in [7, 11) is -4.27. The molecule has 47 heavy (non-hydrogen) atoms. The first-order valence-corrected chi connectivity index (χ1v) is 21.2. The Labute approximate surface area is 290 Å². The minimum absolute atomic E-state index is 0.0940. The van der Waals surface area contributed by atoms with Crippen LogP contribution in [0.2, 0.25) is 0 Å². The van der Waals surface area contributed by atoms with Crippen LogP contribution in [-0.4, -0.2) is 49.9 Å². The van der Waals surface area contributed by atoms with E-state index < -0.39 is 13.9 Å². The van der Waals surface area contributed by atoms with Crippen molar-refractivity contribution < 1.29 is 32.8 Å². The predicted molar refractivity (Wildman–Crippen MR) is 197 cm³/mol. The second-order valence-corrected chi connectivity index (χ2v) is 14.6. The Kier molecular flexibility index (Phi) is 35.9. The second-order valence-electron chi connectivity index (χ2n) is 13.1. The molecular formula is C38H76NO7P. The van der Waals surface area contributed by atoms with Gasteiger partial charge in [0.15, 0.2) is 0 Å². The van der Waals surface area contributed by atoms with Crippen LogP contribution >= 0.6 is 7.82 Å². The minimum Gasteiger partial charge on any atom is -0.457 e. The lowest BCUT2D eigenvalue weighted by Gasteiger charge is -2.20. The van der Waals surface area contributed by atoms with Gasteiger partial charge in [0.05, 0.1) is 19.8 Å². The monoisotopic (exact) mass is 690 g/mol. The molecule has 0 amide bonds. The van der Waals surface area contributed by atoms with Crippen LogP contribution in [0.25, 0.3) is 0 Å². The molecular weight excluding hydrogens is 613 g/mol. The van der Waals surface area contributed by atoms with E-state index in [9.17, 15) is 14.3 Å². The number of rotatable bonds is 38. The molecule has 9 heteroatoms. The van der Waals surface area contributed by atoms with Crippen molar-refractivity contribution in [3.05, 3.63) is 12.2 Å². The Morgan fingerprint density at radius 3 is 1.55 bits per heavy atom. The molecule has 0 rings (SSSR count). The first-order chi connectivity index (χ1) is 22.9. The maximum atomic E-state index is 12.5. The number of ether oxygens (including phenoxy) is 2. The molecule has 0 saturated carbocycles. The van der Waals surface area contributed by atoms with E-state index in [1.165, 1.54) is 122 Å². The summed E-state index contributed by atoms with van der Waals surface area (Å²) >= 11 is 0. The van der Waals surface area contributed by atoms with Gasteiger partial charge in [0.2, 0.25) is 0 Å². The van der Waals surface area contributed by atoms with Crippen molar-refractivity contribution in [2.24, 2.45) is 5.73 Å². The molecule has 1 unspecified atom stereocenters. The Balaban J connectivity index is 4.07. The van der Waals surface area contributed by atoms with Gasteiger partial charge in [-0.05, 0) is 38.5 Å². The van der Waals surface area contributed by atoms with E-state index in [0.717, 1.165) is 44.9 Å². The van der Waals surface area contributed by atoms with Crippen molar-refractivity contribution in [3.8, 4) is 0 Å². The largest absolute Gasteiger partial charge is 0.472 e.